The van der Waals surface area contributed by atoms with E-state index in [0.717, 1.165) is 29.3 Å². The molecule has 0 unspecified atom stereocenters. The van der Waals surface area contributed by atoms with E-state index < -0.39 is 10.0 Å². The van der Waals surface area contributed by atoms with Gasteiger partial charge in [-0.2, -0.15) is 0 Å². The zero-order valence-electron chi connectivity index (χ0n) is 14.9. The third kappa shape index (κ3) is 2.89. The molecule has 0 amide bonds. The average Bonchev–Trinajstić information content (AvgIpc) is 3.31. The Morgan fingerprint density at radius 1 is 1.19 bits per heavy atom. The highest BCUT2D eigenvalue weighted by Crippen LogP contribution is 2.50. The molecule has 1 aliphatic carbocycles. The van der Waals surface area contributed by atoms with Gasteiger partial charge in [0.15, 0.2) is 0 Å². The molecular weight excluding hydrogens is 348 g/mol. The SMILES string of the molecule is COc1ccc(C)cc1S(=O)(=O)NCC1(c2c[nH]c3ccccc23)CC1. The molecule has 1 saturated carbocycles. The van der Waals surface area contributed by atoms with Crippen molar-refractivity contribution in [1.82, 2.24) is 9.71 Å². The van der Waals surface area contributed by atoms with Crippen LogP contribution >= 0.6 is 0 Å². The van der Waals surface area contributed by atoms with Crippen molar-refractivity contribution in [3.63, 3.8) is 0 Å². The van der Waals surface area contributed by atoms with Gasteiger partial charge in [-0.05, 0) is 49.1 Å². The number of methoxy groups -OCH3 is 1. The number of aromatic amines is 1. The van der Waals surface area contributed by atoms with E-state index in [9.17, 15) is 8.42 Å². The molecule has 5 nitrogen and oxygen atoms in total. The minimum atomic E-state index is -3.65. The second-order valence-corrected chi connectivity index (χ2v) is 8.74. The molecule has 6 heteroatoms. The largest absolute Gasteiger partial charge is 0.495 e. The standard InChI is InChI=1S/C20H22N2O3S/c1-14-7-8-18(25-2)19(11-14)26(23,24)22-13-20(9-10-20)16-12-21-17-6-4-3-5-15(16)17/h3-8,11-12,21-22H,9-10,13H2,1-2H3. The number of aryl methyl sites for hydroxylation is 1. The number of fused-ring (bicyclic) bond motifs is 1. The van der Waals surface area contributed by atoms with Crippen molar-refractivity contribution < 1.29 is 13.2 Å². The zero-order chi connectivity index (χ0) is 18.4. The minimum absolute atomic E-state index is 0.135. The topological polar surface area (TPSA) is 71.2 Å². The van der Waals surface area contributed by atoms with Crippen LogP contribution < -0.4 is 9.46 Å². The predicted molar refractivity (Wildman–Crippen MR) is 102 cm³/mol. The second-order valence-electron chi connectivity index (χ2n) is 7.01. The number of benzene rings is 2. The van der Waals surface area contributed by atoms with Crippen molar-refractivity contribution in [2.45, 2.75) is 30.1 Å². The summed E-state index contributed by atoms with van der Waals surface area (Å²) < 4.78 is 33.8. The minimum Gasteiger partial charge on any atom is -0.495 e. The molecule has 4 rings (SSSR count). The molecule has 1 aromatic heterocycles. The Bertz CT molecular complexity index is 1070. The first-order valence-electron chi connectivity index (χ1n) is 8.66. The van der Waals surface area contributed by atoms with Crippen LogP contribution in [0.1, 0.15) is 24.0 Å². The summed E-state index contributed by atoms with van der Waals surface area (Å²) in [6, 6.07) is 13.3. The van der Waals surface area contributed by atoms with Crippen LogP contribution in [0.2, 0.25) is 0 Å². The molecule has 2 aromatic carbocycles. The van der Waals surface area contributed by atoms with Crippen LogP contribution in [0.15, 0.2) is 53.6 Å². The number of hydrogen-bond acceptors (Lipinski definition) is 3. The molecule has 0 bridgehead atoms. The summed E-state index contributed by atoms with van der Waals surface area (Å²) in [5.41, 5.74) is 3.01. The van der Waals surface area contributed by atoms with Crippen molar-refractivity contribution in [2.75, 3.05) is 13.7 Å². The maximum atomic E-state index is 12.9. The first kappa shape index (κ1) is 17.1. The van der Waals surface area contributed by atoms with Gasteiger partial charge in [-0.25, -0.2) is 13.1 Å². The Hall–Kier alpha value is -2.31. The average molecular weight is 370 g/mol. The third-order valence-electron chi connectivity index (χ3n) is 5.22. The van der Waals surface area contributed by atoms with Gasteiger partial charge in [0.2, 0.25) is 10.0 Å². The lowest BCUT2D eigenvalue weighted by atomic mass is 9.96. The lowest BCUT2D eigenvalue weighted by Gasteiger charge is -2.17. The van der Waals surface area contributed by atoms with E-state index >= 15 is 0 Å². The Labute approximate surface area is 153 Å². The number of aromatic nitrogens is 1. The fourth-order valence-corrected chi connectivity index (χ4v) is 4.89. The van der Waals surface area contributed by atoms with E-state index in [1.807, 2.05) is 37.4 Å². The van der Waals surface area contributed by atoms with Gasteiger partial charge in [0.25, 0.3) is 0 Å². The summed E-state index contributed by atoms with van der Waals surface area (Å²) >= 11 is 0. The van der Waals surface area contributed by atoms with E-state index in [0.29, 0.717) is 12.3 Å². The highest BCUT2D eigenvalue weighted by atomic mass is 32.2. The molecule has 0 spiro atoms. The van der Waals surface area contributed by atoms with Gasteiger partial charge in [-0.1, -0.05) is 24.3 Å². The van der Waals surface area contributed by atoms with E-state index in [1.54, 1.807) is 12.1 Å². The van der Waals surface area contributed by atoms with Crippen molar-refractivity contribution >= 4 is 20.9 Å². The van der Waals surface area contributed by atoms with Crippen LogP contribution in [-0.2, 0) is 15.4 Å². The van der Waals surface area contributed by atoms with Crippen molar-refractivity contribution in [3.8, 4) is 5.75 Å². The second kappa shape index (κ2) is 6.14. The molecule has 26 heavy (non-hydrogen) atoms. The number of H-pyrrole nitrogens is 1. The molecule has 0 saturated heterocycles. The molecule has 1 fully saturated rings. The Kier molecular flexibility index (Phi) is 4.04. The molecule has 1 aliphatic rings. The van der Waals surface area contributed by atoms with Crippen LogP contribution in [0.5, 0.6) is 5.75 Å². The summed E-state index contributed by atoms with van der Waals surface area (Å²) in [5.74, 6) is 0.361. The summed E-state index contributed by atoms with van der Waals surface area (Å²) in [5, 5.41) is 1.16. The molecule has 3 aromatic rings. The van der Waals surface area contributed by atoms with E-state index in [2.05, 4.69) is 15.8 Å². The van der Waals surface area contributed by atoms with Crippen LogP contribution in [-0.4, -0.2) is 27.1 Å². The zero-order valence-corrected chi connectivity index (χ0v) is 15.7. The molecular formula is C20H22N2O3S. The first-order chi connectivity index (χ1) is 12.5. The maximum Gasteiger partial charge on any atom is 0.244 e. The maximum absolute atomic E-state index is 12.9. The number of sulfonamides is 1. The highest BCUT2D eigenvalue weighted by molar-refractivity contribution is 7.89. The molecule has 136 valence electrons. The Morgan fingerprint density at radius 3 is 2.69 bits per heavy atom. The number of hydrogen-bond donors (Lipinski definition) is 2. The fourth-order valence-electron chi connectivity index (χ4n) is 3.51. The fraction of sp³-hybridized carbons (Fsp3) is 0.300. The Balaban J connectivity index is 1.62. The predicted octanol–water partition coefficient (Wildman–Crippen LogP) is 3.50. The monoisotopic (exact) mass is 370 g/mol. The van der Waals surface area contributed by atoms with Gasteiger partial charge in [0, 0.05) is 29.1 Å². The number of nitrogens with one attached hydrogen (secondary N) is 2. The molecule has 1 heterocycles. The lowest BCUT2D eigenvalue weighted by molar-refractivity contribution is 0.402. The van der Waals surface area contributed by atoms with Crippen LogP contribution in [0, 0.1) is 6.92 Å². The van der Waals surface area contributed by atoms with Gasteiger partial charge < -0.3 is 9.72 Å². The summed E-state index contributed by atoms with van der Waals surface area (Å²) in [6.07, 6.45) is 3.96. The van der Waals surface area contributed by atoms with Gasteiger partial charge in [0.1, 0.15) is 10.6 Å². The van der Waals surface area contributed by atoms with Crippen LogP contribution in [0.4, 0.5) is 0 Å². The smallest absolute Gasteiger partial charge is 0.244 e. The van der Waals surface area contributed by atoms with Crippen molar-refractivity contribution in [2.24, 2.45) is 0 Å². The van der Waals surface area contributed by atoms with E-state index in [-0.39, 0.29) is 10.3 Å². The molecule has 2 N–H and O–H groups in total. The van der Waals surface area contributed by atoms with Crippen LogP contribution in [0.25, 0.3) is 10.9 Å². The summed E-state index contributed by atoms with van der Waals surface area (Å²) in [6.45, 7) is 2.25. The highest BCUT2D eigenvalue weighted by Gasteiger charge is 2.46. The van der Waals surface area contributed by atoms with Crippen LogP contribution in [0.3, 0.4) is 0 Å². The van der Waals surface area contributed by atoms with E-state index in [1.165, 1.54) is 12.7 Å². The summed E-state index contributed by atoms with van der Waals surface area (Å²) in [4.78, 5) is 3.48. The van der Waals surface area contributed by atoms with Crippen molar-refractivity contribution in [1.29, 1.82) is 0 Å². The normalized spacial score (nSPS) is 15.9. The van der Waals surface area contributed by atoms with Gasteiger partial charge in [-0.3, -0.25) is 0 Å². The summed E-state index contributed by atoms with van der Waals surface area (Å²) in [7, 11) is -2.16. The molecule has 0 aliphatic heterocycles. The Morgan fingerprint density at radius 2 is 1.96 bits per heavy atom. The first-order valence-corrected chi connectivity index (χ1v) is 10.1. The quantitative estimate of drug-likeness (QED) is 0.698. The van der Waals surface area contributed by atoms with Gasteiger partial charge in [0.05, 0.1) is 7.11 Å². The molecule has 0 atom stereocenters. The number of rotatable bonds is 6. The van der Waals surface area contributed by atoms with Crippen molar-refractivity contribution in [3.05, 3.63) is 59.8 Å². The van der Waals surface area contributed by atoms with Gasteiger partial charge >= 0.3 is 0 Å². The number of para-hydroxylation sites is 1. The third-order valence-corrected chi connectivity index (χ3v) is 6.65. The van der Waals surface area contributed by atoms with Gasteiger partial charge in [-0.15, -0.1) is 0 Å². The van der Waals surface area contributed by atoms with E-state index in [4.69, 9.17) is 4.74 Å². The lowest BCUT2D eigenvalue weighted by Crippen LogP contribution is -2.32. The number of ether oxygens (including phenoxy) is 1. The molecule has 0 radical (unpaired) electrons.